The number of carbonyl (C=O) groups is 1. The van der Waals surface area contributed by atoms with Crippen molar-refractivity contribution in [2.75, 3.05) is 6.61 Å². The van der Waals surface area contributed by atoms with Crippen LogP contribution in [0.3, 0.4) is 0 Å². The number of rotatable bonds is 58. The van der Waals surface area contributed by atoms with Gasteiger partial charge in [0.15, 0.2) is 0 Å². The highest BCUT2D eigenvalue weighted by Gasteiger charge is 2.18. The van der Waals surface area contributed by atoms with Gasteiger partial charge in [-0.25, -0.2) is 0 Å². The molecule has 0 fully saturated rings. The van der Waals surface area contributed by atoms with Crippen LogP contribution in [-0.4, -0.2) is 34.9 Å². The van der Waals surface area contributed by atoms with E-state index in [4.69, 9.17) is 0 Å². The summed E-state index contributed by atoms with van der Waals surface area (Å²) in [6, 6.07) is -0.645. The molecule has 0 saturated carbocycles. The number of aliphatic hydroxyl groups is 2. The van der Waals surface area contributed by atoms with Gasteiger partial charge in [-0.05, 0) is 44.9 Å². The van der Waals surface area contributed by atoms with Crippen LogP contribution in [0, 0.1) is 0 Å². The minimum absolute atomic E-state index is 0.0709. The molecule has 2 atom stereocenters. The van der Waals surface area contributed by atoms with E-state index in [0.29, 0.717) is 6.42 Å². The molecule has 0 saturated heterocycles. The van der Waals surface area contributed by atoms with Crippen molar-refractivity contribution in [2.24, 2.45) is 0 Å². The Morgan fingerprint density at radius 3 is 0.853 bits per heavy atom. The van der Waals surface area contributed by atoms with E-state index in [1.165, 1.54) is 289 Å². The molecule has 0 aromatic heterocycles. The SMILES string of the molecule is CCCCCCCCCCCCCCCCCCCCCCC/C=C/CC/C=C/CC/C=C/C(O)C(CO)NC(=O)CCCCCCCCCCCCCCCCCCCCCCCCCCC. The van der Waals surface area contributed by atoms with Gasteiger partial charge in [0, 0.05) is 6.42 Å². The minimum atomic E-state index is -0.870. The van der Waals surface area contributed by atoms with Gasteiger partial charge in [-0.1, -0.05) is 333 Å². The third-order valence-corrected chi connectivity index (χ3v) is 14.6. The van der Waals surface area contributed by atoms with Gasteiger partial charge in [0.2, 0.25) is 5.91 Å². The van der Waals surface area contributed by atoms with E-state index in [1.54, 1.807) is 6.08 Å². The lowest BCUT2D eigenvalue weighted by atomic mass is 10.0. The van der Waals surface area contributed by atoms with Crippen LogP contribution in [0.15, 0.2) is 36.5 Å². The summed E-state index contributed by atoms with van der Waals surface area (Å²) in [6.45, 7) is 4.34. The molecule has 3 N–H and O–H groups in total. The molecular weight excluding hydrogens is 831 g/mol. The molecule has 0 aliphatic rings. The summed E-state index contributed by atoms with van der Waals surface area (Å²) in [4.78, 5) is 12.5. The highest BCUT2D eigenvalue weighted by Crippen LogP contribution is 2.18. The molecule has 2 unspecified atom stereocenters. The van der Waals surface area contributed by atoms with Gasteiger partial charge in [-0.2, -0.15) is 0 Å². The molecule has 0 aromatic rings. The van der Waals surface area contributed by atoms with Crippen molar-refractivity contribution in [3.05, 3.63) is 36.5 Å². The maximum Gasteiger partial charge on any atom is 0.220 e. The Balaban J connectivity index is 3.50. The molecule has 0 radical (unpaired) electrons. The first-order valence-corrected chi connectivity index (χ1v) is 31.2. The van der Waals surface area contributed by atoms with E-state index in [1.807, 2.05) is 6.08 Å². The summed E-state index contributed by atoms with van der Waals surface area (Å²) < 4.78 is 0. The van der Waals surface area contributed by atoms with Crippen molar-refractivity contribution in [3.8, 4) is 0 Å². The van der Waals surface area contributed by atoms with Crippen LogP contribution >= 0.6 is 0 Å². The molecule has 1 amide bonds. The van der Waals surface area contributed by atoms with Crippen LogP contribution in [0.25, 0.3) is 0 Å². The molecule has 0 aliphatic heterocycles. The van der Waals surface area contributed by atoms with Crippen LogP contribution in [-0.2, 0) is 4.79 Å². The molecule has 4 nitrogen and oxygen atoms in total. The first kappa shape index (κ1) is 66.6. The highest BCUT2D eigenvalue weighted by molar-refractivity contribution is 5.76. The van der Waals surface area contributed by atoms with Crippen molar-refractivity contribution >= 4 is 5.91 Å². The Hall–Kier alpha value is -1.39. The van der Waals surface area contributed by atoms with Crippen LogP contribution in [0.5, 0.6) is 0 Å². The number of allylic oxidation sites excluding steroid dienone is 5. The summed E-state index contributed by atoms with van der Waals surface area (Å²) in [7, 11) is 0. The molecule has 0 heterocycles. The quantitative estimate of drug-likeness (QED) is 0.0420. The Kier molecular flexibility index (Phi) is 58.7. The summed E-state index contributed by atoms with van der Waals surface area (Å²) in [5.41, 5.74) is 0. The predicted octanol–water partition coefficient (Wildman–Crippen LogP) is 20.8. The number of unbranched alkanes of at least 4 members (excludes halogenated alkanes) is 47. The fourth-order valence-electron chi connectivity index (χ4n) is 9.86. The zero-order valence-electron chi connectivity index (χ0n) is 46.4. The van der Waals surface area contributed by atoms with Gasteiger partial charge in [0.1, 0.15) is 0 Å². The van der Waals surface area contributed by atoms with Gasteiger partial charge in [-0.3, -0.25) is 4.79 Å². The normalized spacial score (nSPS) is 12.9. The average Bonchev–Trinajstić information content (AvgIpc) is 3.34. The number of amides is 1. The summed E-state index contributed by atoms with van der Waals surface area (Å²) in [5, 5.41) is 23.2. The van der Waals surface area contributed by atoms with Crippen molar-refractivity contribution < 1.29 is 15.0 Å². The maximum absolute atomic E-state index is 12.5. The summed E-state index contributed by atoms with van der Waals surface area (Å²) >= 11 is 0. The first-order chi connectivity index (χ1) is 33.7. The molecular formula is C64H123NO3. The van der Waals surface area contributed by atoms with E-state index in [2.05, 4.69) is 43.5 Å². The number of carbonyl (C=O) groups excluding carboxylic acids is 1. The van der Waals surface area contributed by atoms with Gasteiger partial charge < -0.3 is 15.5 Å². The zero-order valence-corrected chi connectivity index (χ0v) is 46.4. The van der Waals surface area contributed by atoms with Gasteiger partial charge >= 0.3 is 0 Å². The first-order valence-electron chi connectivity index (χ1n) is 31.2. The van der Waals surface area contributed by atoms with Crippen LogP contribution in [0.2, 0.25) is 0 Å². The fourth-order valence-corrected chi connectivity index (χ4v) is 9.86. The average molecular weight is 955 g/mol. The van der Waals surface area contributed by atoms with Crippen LogP contribution < -0.4 is 5.32 Å². The Labute approximate surface area is 427 Å². The zero-order chi connectivity index (χ0) is 49.2. The molecule has 0 spiro atoms. The lowest BCUT2D eigenvalue weighted by Gasteiger charge is -2.19. The molecule has 0 rings (SSSR count). The third-order valence-electron chi connectivity index (χ3n) is 14.6. The van der Waals surface area contributed by atoms with Crippen molar-refractivity contribution in [1.29, 1.82) is 0 Å². The van der Waals surface area contributed by atoms with E-state index in [9.17, 15) is 15.0 Å². The van der Waals surface area contributed by atoms with E-state index < -0.39 is 12.1 Å². The topological polar surface area (TPSA) is 69.6 Å². The molecule has 4 heteroatoms. The van der Waals surface area contributed by atoms with E-state index >= 15 is 0 Å². The van der Waals surface area contributed by atoms with Gasteiger partial charge in [0.05, 0.1) is 18.8 Å². The number of hydrogen-bond donors (Lipinski definition) is 3. The highest BCUT2D eigenvalue weighted by atomic mass is 16.3. The standard InChI is InChI=1S/C64H123NO3/c1-3-5-7-9-11-13-15-17-19-21-23-25-27-29-30-31-32-33-34-36-37-39-41-43-45-47-49-51-53-55-57-59-63(67)62(61-66)65-64(68)60-58-56-54-52-50-48-46-44-42-40-38-35-28-26-24-22-20-18-16-14-12-10-8-6-4-2/h41,43,49,51,57,59,62-63,66-67H,3-40,42,44-48,50,52-56,58,60-61H2,1-2H3,(H,65,68)/b43-41+,51-49+,59-57+. The second kappa shape index (κ2) is 59.9. The van der Waals surface area contributed by atoms with Crippen LogP contribution in [0.4, 0.5) is 0 Å². The Morgan fingerprint density at radius 2 is 0.574 bits per heavy atom. The summed E-state index contributed by atoms with van der Waals surface area (Å²) in [6.07, 6.45) is 82.0. The number of aliphatic hydroxyl groups excluding tert-OH is 2. The minimum Gasteiger partial charge on any atom is -0.394 e. The van der Waals surface area contributed by atoms with Gasteiger partial charge in [-0.15, -0.1) is 0 Å². The van der Waals surface area contributed by atoms with Crippen molar-refractivity contribution in [3.63, 3.8) is 0 Å². The molecule has 402 valence electrons. The summed E-state index contributed by atoms with van der Waals surface area (Å²) in [5.74, 6) is -0.0709. The van der Waals surface area contributed by atoms with Crippen LogP contribution in [0.1, 0.15) is 348 Å². The largest absolute Gasteiger partial charge is 0.394 e. The molecule has 0 aromatic carbocycles. The van der Waals surface area contributed by atoms with Crippen molar-refractivity contribution in [1.82, 2.24) is 5.32 Å². The second-order valence-electron chi connectivity index (χ2n) is 21.5. The molecule has 0 bridgehead atoms. The lowest BCUT2D eigenvalue weighted by Crippen LogP contribution is -2.45. The van der Waals surface area contributed by atoms with E-state index in [-0.39, 0.29) is 12.5 Å². The van der Waals surface area contributed by atoms with Gasteiger partial charge in [0.25, 0.3) is 0 Å². The van der Waals surface area contributed by atoms with E-state index in [0.717, 1.165) is 38.5 Å². The maximum atomic E-state index is 12.5. The van der Waals surface area contributed by atoms with Crippen molar-refractivity contribution in [2.45, 2.75) is 360 Å². The molecule has 68 heavy (non-hydrogen) atoms. The fraction of sp³-hybridized carbons (Fsp3) is 0.891. The number of nitrogens with one attached hydrogen (secondary N) is 1. The smallest absolute Gasteiger partial charge is 0.220 e. The third kappa shape index (κ3) is 55.5. The second-order valence-corrected chi connectivity index (χ2v) is 21.5. The predicted molar refractivity (Wildman–Crippen MR) is 304 cm³/mol. The Morgan fingerprint density at radius 1 is 0.338 bits per heavy atom. The lowest BCUT2D eigenvalue weighted by molar-refractivity contribution is -0.123. The monoisotopic (exact) mass is 954 g/mol. The number of hydrogen-bond acceptors (Lipinski definition) is 3. The molecule has 0 aliphatic carbocycles. The Bertz CT molecular complexity index is 1040.